The monoisotopic (exact) mass is 426 g/mol. The van der Waals surface area contributed by atoms with Gasteiger partial charge in [0, 0.05) is 22.8 Å². The van der Waals surface area contributed by atoms with E-state index in [0.29, 0.717) is 35.2 Å². The van der Waals surface area contributed by atoms with Crippen molar-refractivity contribution >= 4 is 29.1 Å². The molecule has 0 aromatic heterocycles. The number of carbonyl (C=O) groups is 2. The molecule has 2 aliphatic rings. The zero-order valence-corrected chi connectivity index (χ0v) is 17.7. The molecule has 1 atom stereocenters. The fourth-order valence-electron chi connectivity index (χ4n) is 4.23. The summed E-state index contributed by atoms with van der Waals surface area (Å²) in [5, 5.41) is 6.62. The van der Waals surface area contributed by atoms with Crippen molar-refractivity contribution in [2.75, 3.05) is 18.5 Å². The van der Waals surface area contributed by atoms with E-state index in [9.17, 15) is 9.59 Å². The Hall–Kier alpha value is -2.53. The quantitative estimate of drug-likeness (QED) is 0.718. The molecule has 0 bridgehead atoms. The topological polar surface area (TPSA) is 67.4 Å². The molecule has 6 heteroatoms. The van der Waals surface area contributed by atoms with Crippen LogP contribution in [0, 0.1) is 11.8 Å². The van der Waals surface area contributed by atoms with Crippen LogP contribution in [0.4, 0.5) is 5.69 Å². The SMILES string of the molecule is O=C(Nc1ccc2c(c1)C[C@@H](C(=O)NCC1CCCCC1)CO2)c1ccc(Cl)cc1. The van der Waals surface area contributed by atoms with Crippen LogP contribution in [0.2, 0.25) is 5.02 Å². The lowest BCUT2D eigenvalue weighted by atomic mass is 9.89. The highest BCUT2D eigenvalue weighted by molar-refractivity contribution is 6.30. The highest BCUT2D eigenvalue weighted by atomic mass is 35.5. The Balaban J connectivity index is 1.36. The average Bonchev–Trinajstić information content (AvgIpc) is 2.78. The molecular formula is C24H27ClN2O3. The first-order valence-electron chi connectivity index (χ1n) is 10.7. The predicted molar refractivity (Wildman–Crippen MR) is 118 cm³/mol. The van der Waals surface area contributed by atoms with Crippen LogP contribution in [0.25, 0.3) is 0 Å². The van der Waals surface area contributed by atoms with Gasteiger partial charge in [0.25, 0.3) is 5.91 Å². The normalized spacial score (nSPS) is 18.8. The Morgan fingerprint density at radius 2 is 1.80 bits per heavy atom. The fourth-order valence-corrected chi connectivity index (χ4v) is 4.35. The largest absolute Gasteiger partial charge is 0.492 e. The molecule has 4 rings (SSSR count). The van der Waals surface area contributed by atoms with Gasteiger partial charge in [-0.1, -0.05) is 30.9 Å². The Bertz CT molecular complexity index is 907. The molecule has 2 amide bonds. The van der Waals surface area contributed by atoms with Crippen molar-refractivity contribution < 1.29 is 14.3 Å². The molecule has 0 saturated heterocycles. The van der Waals surface area contributed by atoms with Gasteiger partial charge in [0.15, 0.2) is 0 Å². The second-order valence-corrected chi connectivity index (χ2v) is 8.68. The molecule has 0 radical (unpaired) electrons. The Labute approximate surface area is 182 Å². The average molecular weight is 427 g/mol. The second kappa shape index (κ2) is 9.52. The molecule has 1 saturated carbocycles. The smallest absolute Gasteiger partial charge is 0.255 e. The van der Waals surface area contributed by atoms with Gasteiger partial charge >= 0.3 is 0 Å². The molecule has 5 nitrogen and oxygen atoms in total. The number of nitrogens with one attached hydrogen (secondary N) is 2. The van der Waals surface area contributed by atoms with Crippen LogP contribution in [-0.2, 0) is 11.2 Å². The maximum Gasteiger partial charge on any atom is 0.255 e. The van der Waals surface area contributed by atoms with E-state index < -0.39 is 0 Å². The number of hydrogen-bond donors (Lipinski definition) is 2. The summed E-state index contributed by atoms with van der Waals surface area (Å²) in [5.41, 5.74) is 2.15. The van der Waals surface area contributed by atoms with Gasteiger partial charge in [-0.15, -0.1) is 0 Å². The summed E-state index contributed by atoms with van der Waals surface area (Å²) in [6, 6.07) is 12.3. The summed E-state index contributed by atoms with van der Waals surface area (Å²) in [5.74, 6) is 1.03. The molecule has 1 fully saturated rings. The van der Waals surface area contributed by atoms with Gasteiger partial charge in [0.2, 0.25) is 5.91 Å². The van der Waals surface area contributed by atoms with Crippen molar-refractivity contribution in [2.24, 2.45) is 11.8 Å². The van der Waals surface area contributed by atoms with Crippen LogP contribution in [0.1, 0.15) is 48.0 Å². The molecule has 30 heavy (non-hydrogen) atoms. The minimum Gasteiger partial charge on any atom is -0.492 e. The summed E-state index contributed by atoms with van der Waals surface area (Å²) >= 11 is 5.88. The van der Waals surface area contributed by atoms with Gasteiger partial charge < -0.3 is 15.4 Å². The zero-order valence-electron chi connectivity index (χ0n) is 17.0. The predicted octanol–water partition coefficient (Wildman–Crippen LogP) is 4.84. The third-order valence-electron chi connectivity index (χ3n) is 5.99. The molecule has 2 aromatic carbocycles. The maximum absolute atomic E-state index is 12.7. The van der Waals surface area contributed by atoms with Crippen LogP contribution < -0.4 is 15.4 Å². The minimum absolute atomic E-state index is 0.0572. The molecule has 2 aromatic rings. The van der Waals surface area contributed by atoms with Gasteiger partial charge in [-0.3, -0.25) is 9.59 Å². The van der Waals surface area contributed by atoms with Crippen LogP contribution in [0.5, 0.6) is 5.75 Å². The Morgan fingerprint density at radius 3 is 2.57 bits per heavy atom. The highest BCUT2D eigenvalue weighted by Gasteiger charge is 2.27. The van der Waals surface area contributed by atoms with Crippen LogP contribution in [0.15, 0.2) is 42.5 Å². The van der Waals surface area contributed by atoms with Gasteiger partial charge in [0.05, 0.1) is 5.92 Å². The first-order valence-corrected chi connectivity index (χ1v) is 11.1. The highest BCUT2D eigenvalue weighted by Crippen LogP contribution is 2.30. The number of rotatable bonds is 5. The lowest BCUT2D eigenvalue weighted by Crippen LogP contribution is -2.39. The number of ether oxygens (including phenoxy) is 1. The van der Waals surface area contributed by atoms with Crippen molar-refractivity contribution in [3.63, 3.8) is 0 Å². The summed E-state index contributed by atoms with van der Waals surface area (Å²) in [6.07, 6.45) is 6.88. The number of hydrogen-bond acceptors (Lipinski definition) is 3. The number of benzene rings is 2. The second-order valence-electron chi connectivity index (χ2n) is 8.24. The fraction of sp³-hybridized carbons (Fsp3) is 0.417. The molecular weight excluding hydrogens is 400 g/mol. The molecule has 1 heterocycles. The van der Waals surface area contributed by atoms with Gasteiger partial charge in [-0.05, 0) is 73.2 Å². The van der Waals surface area contributed by atoms with E-state index in [-0.39, 0.29) is 17.7 Å². The van der Waals surface area contributed by atoms with E-state index in [4.69, 9.17) is 16.3 Å². The first kappa shape index (κ1) is 20.7. The van der Waals surface area contributed by atoms with Crippen molar-refractivity contribution in [1.29, 1.82) is 0 Å². The van der Waals surface area contributed by atoms with Gasteiger partial charge in [-0.25, -0.2) is 0 Å². The van der Waals surface area contributed by atoms with E-state index >= 15 is 0 Å². The van der Waals surface area contributed by atoms with Crippen LogP contribution in [0.3, 0.4) is 0 Å². The number of amides is 2. The molecule has 1 aliphatic heterocycles. The molecule has 0 unspecified atom stereocenters. The maximum atomic E-state index is 12.7. The standard InChI is InChI=1S/C24H27ClN2O3/c25-20-8-6-17(7-9-20)24(29)27-21-10-11-22-18(13-21)12-19(15-30-22)23(28)26-14-16-4-2-1-3-5-16/h6-11,13,16,19H,1-5,12,14-15H2,(H,26,28)(H,27,29)/t19-/m1/s1. The minimum atomic E-state index is -0.205. The molecule has 2 N–H and O–H groups in total. The molecule has 1 aliphatic carbocycles. The number of halogens is 1. The van der Waals surface area contributed by atoms with E-state index in [2.05, 4.69) is 10.6 Å². The van der Waals surface area contributed by atoms with E-state index in [1.807, 2.05) is 18.2 Å². The van der Waals surface area contributed by atoms with E-state index in [1.54, 1.807) is 24.3 Å². The number of fused-ring (bicyclic) bond motifs is 1. The summed E-state index contributed by atoms with van der Waals surface area (Å²) in [7, 11) is 0. The molecule has 0 spiro atoms. The van der Waals surface area contributed by atoms with E-state index in [0.717, 1.165) is 17.9 Å². The lowest BCUT2D eigenvalue weighted by Gasteiger charge is -2.27. The first-order chi connectivity index (χ1) is 14.6. The van der Waals surface area contributed by atoms with Gasteiger partial charge in [0.1, 0.15) is 12.4 Å². The molecule has 158 valence electrons. The summed E-state index contributed by atoms with van der Waals surface area (Å²) in [4.78, 5) is 25.1. The Morgan fingerprint density at radius 1 is 1.03 bits per heavy atom. The third-order valence-corrected chi connectivity index (χ3v) is 6.24. The third kappa shape index (κ3) is 5.14. The van der Waals surface area contributed by atoms with Crippen molar-refractivity contribution in [2.45, 2.75) is 38.5 Å². The van der Waals surface area contributed by atoms with Gasteiger partial charge in [-0.2, -0.15) is 0 Å². The summed E-state index contributed by atoms with van der Waals surface area (Å²) in [6.45, 7) is 1.15. The number of carbonyl (C=O) groups excluding carboxylic acids is 2. The number of anilines is 1. The van der Waals surface area contributed by atoms with E-state index in [1.165, 1.54) is 32.1 Å². The lowest BCUT2D eigenvalue weighted by molar-refractivity contribution is -0.126. The van der Waals surface area contributed by atoms with Crippen molar-refractivity contribution in [1.82, 2.24) is 5.32 Å². The Kier molecular flexibility index (Phi) is 6.58. The summed E-state index contributed by atoms with van der Waals surface area (Å²) < 4.78 is 5.82. The van der Waals surface area contributed by atoms with Crippen LogP contribution >= 0.6 is 11.6 Å². The zero-order chi connectivity index (χ0) is 20.9. The van der Waals surface area contributed by atoms with Crippen LogP contribution in [-0.4, -0.2) is 25.0 Å². The van der Waals surface area contributed by atoms with Crippen molar-refractivity contribution in [3.8, 4) is 5.75 Å². The van der Waals surface area contributed by atoms with Crippen molar-refractivity contribution in [3.05, 3.63) is 58.6 Å².